The molecule has 0 amide bonds. The number of rotatable bonds is 5. The van der Waals surface area contributed by atoms with Gasteiger partial charge in [-0.15, -0.1) is 11.3 Å². The fourth-order valence-corrected chi connectivity index (χ4v) is 4.25. The van der Waals surface area contributed by atoms with Crippen molar-refractivity contribution in [3.05, 3.63) is 65.1 Å². The van der Waals surface area contributed by atoms with E-state index in [1.54, 1.807) is 16.8 Å². The fraction of sp³-hybridized carbons (Fsp3) is 0.250. The van der Waals surface area contributed by atoms with Crippen LogP contribution in [0.25, 0.3) is 10.4 Å². The zero-order chi connectivity index (χ0) is 18.1. The van der Waals surface area contributed by atoms with Crippen LogP contribution >= 0.6 is 11.3 Å². The van der Waals surface area contributed by atoms with Crippen LogP contribution in [0.2, 0.25) is 0 Å². The van der Waals surface area contributed by atoms with Gasteiger partial charge >= 0.3 is 0 Å². The Labute approximate surface area is 154 Å². The lowest BCUT2D eigenvalue weighted by molar-refractivity contribution is -0.121. The molecule has 0 spiro atoms. The van der Waals surface area contributed by atoms with Gasteiger partial charge in [-0.25, -0.2) is 4.98 Å². The number of benzene rings is 1. The number of thiazole rings is 1. The van der Waals surface area contributed by atoms with E-state index >= 15 is 0 Å². The third kappa shape index (κ3) is 3.13. The average Bonchev–Trinajstić information content (AvgIpc) is 3.32. The molecule has 4 rings (SSSR count). The predicted octanol–water partition coefficient (Wildman–Crippen LogP) is 3.43. The molecule has 1 aliphatic rings. The summed E-state index contributed by atoms with van der Waals surface area (Å²) in [5.74, 6) is 0.188. The van der Waals surface area contributed by atoms with Crippen molar-refractivity contribution in [1.29, 1.82) is 0 Å². The van der Waals surface area contributed by atoms with Gasteiger partial charge in [-0.1, -0.05) is 24.3 Å². The molecule has 0 saturated heterocycles. The number of aliphatic hydroxyl groups is 1. The van der Waals surface area contributed by atoms with Crippen LogP contribution in [0.3, 0.4) is 0 Å². The van der Waals surface area contributed by atoms with Gasteiger partial charge in [0.05, 0.1) is 29.6 Å². The van der Waals surface area contributed by atoms with E-state index in [1.807, 2.05) is 36.5 Å². The van der Waals surface area contributed by atoms with Gasteiger partial charge in [0.1, 0.15) is 5.01 Å². The van der Waals surface area contributed by atoms with Crippen LogP contribution in [-0.2, 0) is 17.8 Å². The molecule has 0 radical (unpaired) electrons. The minimum absolute atomic E-state index is 0.0218. The summed E-state index contributed by atoms with van der Waals surface area (Å²) in [7, 11) is 0. The third-order valence-corrected chi connectivity index (χ3v) is 5.76. The Kier molecular flexibility index (Phi) is 4.53. The molecular formula is C20H18N2O3S. The van der Waals surface area contributed by atoms with Crippen molar-refractivity contribution < 1.29 is 14.7 Å². The smallest absolute Gasteiger partial charge is 0.179 e. The molecule has 3 heterocycles. The number of fused-ring (bicyclic) bond motifs is 1. The molecule has 3 aromatic rings. The van der Waals surface area contributed by atoms with Crippen LogP contribution < -0.4 is 0 Å². The zero-order valence-corrected chi connectivity index (χ0v) is 14.9. The lowest BCUT2D eigenvalue weighted by Crippen LogP contribution is -2.28. The van der Waals surface area contributed by atoms with Crippen molar-refractivity contribution in [2.45, 2.75) is 31.9 Å². The molecule has 1 atom stereocenters. The highest BCUT2D eigenvalue weighted by Crippen LogP contribution is 2.30. The van der Waals surface area contributed by atoms with Gasteiger partial charge in [0.15, 0.2) is 11.6 Å². The van der Waals surface area contributed by atoms with E-state index in [0.717, 1.165) is 21.0 Å². The number of ketones is 2. The summed E-state index contributed by atoms with van der Waals surface area (Å²) >= 11 is 1.51. The van der Waals surface area contributed by atoms with Crippen LogP contribution in [-0.4, -0.2) is 26.2 Å². The van der Waals surface area contributed by atoms with Crippen LogP contribution in [0.15, 0.2) is 48.8 Å². The first-order valence-electron chi connectivity index (χ1n) is 8.53. The SMILES string of the molecule is O=C1CCC(C(=O)Cc2ncc(-c3ccc(CO)cc3)s2)n2cccc21. The molecule has 5 nitrogen and oxygen atoms in total. The van der Waals surface area contributed by atoms with E-state index in [4.69, 9.17) is 5.11 Å². The molecule has 132 valence electrons. The summed E-state index contributed by atoms with van der Waals surface area (Å²) in [6.07, 6.45) is 4.84. The van der Waals surface area contributed by atoms with Crippen molar-refractivity contribution in [1.82, 2.24) is 9.55 Å². The van der Waals surface area contributed by atoms with Gasteiger partial charge < -0.3 is 9.67 Å². The highest BCUT2D eigenvalue weighted by Gasteiger charge is 2.29. The number of carbonyl (C=O) groups is 2. The normalized spacial score (nSPS) is 16.5. The number of aromatic nitrogens is 2. The van der Waals surface area contributed by atoms with Gasteiger partial charge in [-0.05, 0) is 29.7 Å². The molecule has 0 aliphatic carbocycles. The minimum Gasteiger partial charge on any atom is -0.392 e. The summed E-state index contributed by atoms with van der Waals surface area (Å²) in [5.41, 5.74) is 2.51. The Balaban J connectivity index is 1.50. The van der Waals surface area contributed by atoms with E-state index in [9.17, 15) is 9.59 Å². The van der Waals surface area contributed by atoms with E-state index in [0.29, 0.717) is 18.5 Å². The fourth-order valence-electron chi connectivity index (χ4n) is 3.32. The first-order chi connectivity index (χ1) is 12.7. The first kappa shape index (κ1) is 16.9. The number of nitrogens with zero attached hydrogens (tertiary/aromatic N) is 2. The summed E-state index contributed by atoms with van der Waals surface area (Å²) in [6, 6.07) is 11.0. The van der Waals surface area contributed by atoms with Crippen molar-refractivity contribution in [3.63, 3.8) is 0 Å². The maximum absolute atomic E-state index is 12.8. The molecule has 0 saturated carbocycles. The van der Waals surface area contributed by atoms with Crippen molar-refractivity contribution in [2.75, 3.05) is 0 Å². The van der Waals surface area contributed by atoms with E-state index < -0.39 is 0 Å². The van der Waals surface area contributed by atoms with Gasteiger partial charge in [0.25, 0.3) is 0 Å². The summed E-state index contributed by atoms with van der Waals surface area (Å²) in [4.78, 5) is 30.1. The Bertz CT molecular complexity index is 956. The Hall–Kier alpha value is -2.57. The summed E-state index contributed by atoms with van der Waals surface area (Å²) < 4.78 is 1.80. The van der Waals surface area contributed by atoms with E-state index in [-0.39, 0.29) is 30.6 Å². The molecule has 0 fully saturated rings. The minimum atomic E-state index is -0.283. The maximum atomic E-state index is 12.8. The molecule has 2 aromatic heterocycles. The van der Waals surface area contributed by atoms with Crippen molar-refractivity contribution >= 4 is 22.9 Å². The van der Waals surface area contributed by atoms with Gasteiger partial charge in [-0.2, -0.15) is 0 Å². The molecule has 1 N–H and O–H groups in total. The number of hydrogen-bond acceptors (Lipinski definition) is 5. The largest absolute Gasteiger partial charge is 0.392 e. The molecule has 1 unspecified atom stereocenters. The molecule has 0 bridgehead atoms. The van der Waals surface area contributed by atoms with Gasteiger partial charge in [-0.3, -0.25) is 9.59 Å². The Morgan fingerprint density at radius 1 is 1.27 bits per heavy atom. The van der Waals surface area contributed by atoms with Gasteiger partial charge in [0, 0.05) is 18.8 Å². The number of Topliss-reactive ketones (excluding diaryl/α,β-unsaturated/α-hetero) is 2. The summed E-state index contributed by atoms with van der Waals surface area (Å²) in [6.45, 7) is 0.0218. The first-order valence-corrected chi connectivity index (χ1v) is 9.35. The number of aliphatic hydroxyl groups excluding tert-OH is 1. The average molecular weight is 366 g/mol. The predicted molar refractivity (Wildman–Crippen MR) is 99.2 cm³/mol. The van der Waals surface area contributed by atoms with Crippen LogP contribution in [0.5, 0.6) is 0 Å². The number of carbonyl (C=O) groups excluding carboxylic acids is 2. The molecule has 26 heavy (non-hydrogen) atoms. The van der Waals surface area contributed by atoms with Crippen LogP contribution in [0.1, 0.15) is 39.9 Å². The van der Waals surface area contributed by atoms with E-state index in [2.05, 4.69) is 4.98 Å². The zero-order valence-electron chi connectivity index (χ0n) is 14.1. The third-order valence-electron chi connectivity index (χ3n) is 4.72. The Morgan fingerprint density at radius 3 is 2.85 bits per heavy atom. The van der Waals surface area contributed by atoms with Crippen LogP contribution in [0.4, 0.5) is 0 Å². The van der Waals surface area contributed by atoms with Crippen LogP contribution in [0, 0.1) is 0 Å². The lowest BCUT2D eigenvalue weighted by atomic mass is 9.97. The topological polar surface area (TPSA) is 72.2 Å². The standard InChI is InChI=1S/C20H18N2O3S/c23-12-13-3-5-14(6-4-13)19-11-21-20(26-19)10-18(25)16-7-8-17(24)15-2-1-9-22(15)16/h1-6,9,11,16,23H,7-8,10,12H2. The lowest BCUT2D eigenvalue weighted by Gasteiger charge is -2.24. The Morgan fingerprint density at radius 2 is 2.08 bits per heavy atom. The maximum Gasteiger partial charge on any atom is 0.179 e. The summed E-state index contributed by atoms with van der Waals surface area (Å²) in [5, 5.41) is 9.91. The highest BCUT2D eigenvalue weighted by atomic mass is 32.1. The second-order valence-corrected chi connectivity index (χ2v) is 7.51. The monoisotopic (exact) mass is 366 g/mol. The van der Waals surface area contributed by atoms with Crippen molar-refractivity contribution in [3.8, 4) is 10.4 Å². The molecule has 1 aliphatic heterocycles. The second-order valence-electron chi connectivity index (χ2n) is 6.39. The second kappa shape index (κ2) is 6.97. The molecule has 6 heteroatoms. The number of hydrogen-bond donors (Lipinski definition) is 1. The van der Waals surface area contributed by atoms with E-state index in [1.165, 1.54) is 11.3 Å². The van der Waals surface area contributed by atoms with Crippen molar-refractivity contribution in [2.24, 2.45) is 0 Å². The highest BCUT2D eigenvalue weighted by molar-refractivity contribution is 7.15. The molecular weight excluding hydrogens is 348 g/mol. The van der Waals surface area contributed by atoms with Gasteiger partial charge in [0.2, 0.25) is 0 Å². The quantitative estimate of drug-likeness (QED) is 0.751. The molecule has 1 aromatic carbocycles.